The summed E-state index contributed by atoms with van der Waals surface area (Å²) in [6.45, 7) is 0.0984. The zero-order valence-corrected chi connectivity index (χ0v) is 27.5. The van der Waals surface area contributed by atoms with E-state index in [1.54, 1.807) is 24.4 Å². The maximum Gasteiger partial charge on any atom is 0.161 e. The van der Waals surface area contributed by atoms with E-state index in [1.807, 2.05) is 30.5 Å². The normalized spacial score (nSPS) is 27.7. The molecule has 5 rings (SSSR count). The second-order valence-electron chi connectivity index (χ2n) is 13.6. The number of benzene rings is 1. The number of phenolic OH excluding ortho intramolecular Hbond substituents is 1. The summed E-state index contributed by atoms with van der Waals surface area (Å²) in [5.41, 5.74) is 8.85. The van der Waals surface area contributed by atoms with Crippen LogP contribution in [0.25, 0.3) is 0 Å². The van der Waals surface area contributed by atoms with Crippen LogP contribution in [0.5, 0.6) is 11.5 Å². The number of nitrogens with two attached hydrogens (primary N) is 1. The highest BCUT2D eigenvalue weighted by Gasteiger charge is 2.44. The van der Waals surface area contributed by atoms with Crippen molar-refractivity contribution in [2.24, 2.45) is 17.8 Å². The molecule has 2 aliphatic carbocycles. The molecule has 2 aliphatic rings. The molecular weight excluding hydrogens is 610 g/mol. The number of aromatic amines is 1. The molecule has 0 spiro atoms. The molecule has 1 saturated carbocycles. The van der Waals surface area contributed by atoms with Crippen LogP contribution in [-0.2, 0) is 12.8 Å². The fourth-order valence-electron chi connectivity index (χ4n) is 7.44. The van der Waals surface area contributed by atoms with Crippen LogP contribution < -0.4 is 10.5 Å². The first-order valence-corrected chi connectivity index (χ1v) is 17.4. The number of phenols is 1. The molecule has 3 aromatic rings. The summed E-state index contributed by atoms with van der Waals surface area (Å²) in [4.78, 5) is 7.43. The van der Waals surface area contributed by atoms with E-state index < -0.39 is 36.4 Å². The first kappa shape index (κ1) is 35.7. The molecule has 1 fully saturated rings. The van der Waals surface area contributed by atoms with Crippen LogP contribution in [0.15, 0.2) is 54.9 Å². The number of aromatic hydroxyl groups is 1. The number of nitrogens with one attached hydrogen (secondary N) is 1. The smallest absolute Gasteiger partial charge is 0.161 e. The van der Waals surface area contributed by atoms with Crippen LogP contribution in [0.1, 0.15) is 80.5 Å². The molecule has 10 nitrogen and oxygen atoms in total. The average molecular weight is 662 g/mol. The molecule has 0 unspecified atom stereocenters. The van der Waals surface area contributed by atoms with Crippen molar-refractivity contribution in [1.82, 2.24) is 9.97 Å². The van der Waals surface area contributed by atoms with E-state index >= 15 is 0 Å². The van der Waals surface area contributed by atoms with Crippen LogP contribution in [0, 0.1) is 29.6 Å². The summed E-state index contributed by atoms with van der Waals surface area (Å²) in [5, 5.41) is 64.4. The lowest BCUT2D eigenvalue weighted by molar-refractivity contribution is -0.104. The van der Waals surface area contributed by atoms with Gasteiger partial charge in [0.25, 0.3) is 0 Å². The third kappa shape index (κ3) is 9.30. The van der Waals surface area contributed by atoms with Crippen molar-refractivity contribution in [3.63, 3.8) is 0 Å². The maximum absolute atomic E-state index is 11.3. The molecule has 9 atom stereocenters. The molecule has 10 heteroatoms. The number of rotatable bonds is 12. The number of H-pyrrole nitrogens is 1. The Balaban J connectivity index is 1.33. The van der Waals surface area contributed by atoms with E-state index in [0.29, 0.717) is 57.2 Å². The Hall–Kier alpha value is -3.59. The van der Waals surface area contributed by atoms with Crippen molar-refractivity contribution in [3.8, 4) is 23.3 Å². The van der Waals surface area contributed by atoms with E-state index in [1.165, 1.54) is 0 Å². The molecule has 2 heterocycles. The Labute approximate surface area is 283 Å². The summed E-state index contributed by atoms with van der Waals surface area (Å²) >= 11 is 0. The number of aliphatic hydroxyl groups is 5. The number of aliphatic hydroxyl groups excluding tert-OH is 5. The number of anilines is 1. The summed E-state index contributed by atoms with van der Waals surface area (Å²) in [6.07, 6.45) is 5.81. The van der Waals surface area contributed by atoms with E-state index in [-0.39, 0.29) is 35.9 Å². The van der Waals surface area contributed by atoms with Crippen molar-refractivity contribution >= 4 is 5.82 Å². The largest absolute Gasteiger partial charge is 0.504 e. The van der Waals surface area contributed by atoms with Crippen molar-refractivity contribution in [3.05, 3.63) is 71.7 Å². The summed E-state index contributed by atoms with van der Waals surface area (Å²) < 4.78 is 6.44. The van der Waals surface area contributed by atoms with Crippen LogP contribution in [0.4, 0.5) is 5.82 Å². The summed E-state index contributed by atoms with van der Waals surface area (Å²) in [6, 6.07) is 12.7. The van der Waals surface area contributed by atoms with Crippen LogP contribution in [0.2, 0.25) is 0 Å². The fraction of sp³-hybridized carbons (Fsp3) is 0.553. The number of ether oxygens (including phenoxy) is 1. The van der Waals surface area contributed by atoms with Gasteiger partial charge in [-0.1, -0.05) is 24.8 Å². The van der Waals surface area contributed by atoms with Gasteiger partial charge >= 0.3 is 0 Å². The van der Waals surface area contributed by atoms with E-state index in [9.17, 15) is 30.6 Å². The van der Waals surface area contributed by atoms with Crippen molar-refractivity contribution in [2.75, 3.05) is 12.3 Å². The number of aromatic nitrogens is 2. The lowest BCUT2D eigenvalue weighted by Crippen LogP contribution is -2.51. The van der Waals surface area contributed by atoms with Gasteiger partial charge in [0.15, 0.2) is 11.5 Å². The van der Waals surface area contributed by atoms with Gasteiger partial charge in [0, 0.05) is 48.9 Å². The molecule has 1 aromatic carbocycles. The first-order valence-electron chi connectivity index (χ1n) is 17.4. The predicted octanol–water partition coefficient (Wildman–Crippen LogP) is 3.84. The highest BCUT2D eigenvalue weighted by molar-refractivity contribution is 5.42. The molecule has 0 aliphatic heterocycles. The topological polar surface area (TPSA) is 185 Å². The second kappa shape index (κ2) is 17.2. The number of pyridine rings is 1. The zero-order chi connectivity index (χ0) is 34.0. The van der Waals surface area contributed by atoms with Gasteiger partial charge < -0.3 is 46.1 Å². The van der Waals surface area contributed by atoms with Gasteiger partial charge in [-0.15, -0.1) is 5.92 Å². The summed E-state index contributed by atoms with van der Waals surface area (Å²) in [7, 11) is 0. The van der Waals surface area contributed by atoms with Gasteiger partial charge in [-0.05, 0) is 105 Å². The van der Waals surface area contributed by atoms with Crippen molar-refractivity contribution < 1.29 is 35.4 Å². The van der Waals surface area contributed by atoms with E-state index in [4.69, 9.17) is 10.5 Å². The molecule has 0 saturated heterocycles. The van der Waals surface area contributed by atoms with Crippen molar-refractivity contribution in [1.29, 1.82) is 0 Å². The number of nitrogens with zero attached hydrogens (tertiary/aromatic N) is 1. The average Bonchev–Trinajstić information content (AvgIpc) is 3.59. The predicted molar refractivity (Wildman–Crippen MR) is 183 cm³/mol. The Morgan fingerprint density at radius 3 is 2.60 bits per heavy atom. The van der Waals surface area contributed by atoms with Gasteiger partial charge in [0.2, 0.25) is 0 Å². The van der Waals surface area contributed by atoms with Gasteiger partial charge in [-0.2, -0.15) is 0 Å². The number of hydrogen-bond donors (Lipinski definition) is 8. The highest BCUT2D eigenvalue weighted by atomic mass is 16.5. The Kier molecular flexibility index (Phi) is 12.8. The molecule has 2 aromatic heterocycles. The van der Waals surface area contributed by atoms with Crippen LogP contribution in [-0.4, -0.2) is 77.7 Å². The monoisotopic (exact) mass is 661 g/mol. The lowest BCUT2D eigenvalue weighted by Gasteiger charge is -2.42. The molecule has 0 radical (unpaired) electrons. The molecule has 0 bridgehead atoms. The number of nitrogen functional groups attached to an aromatic ring is 1. The number of aryl methyl sites for hydroxylation is 1. The fourth-order valence-corrected chi connectivity index (χ4v) is 7.44. The van der Waals surface area contributed by atoms with E-state index in [0.717, 1.165) is 36.1 Å². The van der Waals surface area contributed by atoms with Gasteiger partial charge in [-0.3, -0.25) is 0 Å². The van der Waals surface area contributed by atoms with Gasteiger partial charge in [0.1, 0.15) is 18.0 Å². The minimum Gasteiger partial charge on any atom is -0.504 e. The molecule has 260 valence electrons. The maximum atomic E-state index is 11.3. The quantitative estimate of drug-likeness (QED) is 0.134. The van der Waals surface area contributed by atoms with Gasteiger partial charge in [0.05, 0.1) is 18.3 Å². The molecule has 48 heavy (non-hydrogen) atoms. The van der Waals surface area contributed by atoms with Crippen LogP contribution in [0.3, 0.4) is 0 Å². The second-order valence-corrected chi connectivity index (χ2v) is 13.6. The standard InChI is InChI=1S/C38H51N3O7/c39-36-22-26(16-19-41-36)30(23-27-7-4-18-40-27)28-12-15-34(46)37(47)38(28)48-35-21-25(11-14-33(35)45)10-13-32(44)29-8-3-6-24(17-20-42)5-1-2-9-31(29)43/h4,7,11,14,16,18-19,21-22,24,28-32,34,37-38,40,42-47H,1-2,5,8-10,12-13,15,17,20,23H2,(H2,39,41)/t24-,28+,29+,30+,31+,32-,34+,37+,38+/m1/s1. The van der Waals surface area contributed by atoms with Gasteiger partial charge in [-0.25, -0.2) is 4.98 Å². The lowest BCUT2D eigenvalue weighted by atomic mass is 9.71. The molecule has 9 N–H and O–H groups in total. The Morgan fingerprint density at radius 1 is 1.00 bits per heavy atom. The zero-order valence-electron chi connectivity index (χ0n) is 27.5. The SMILES string of the molecule is Nc1cc([C@H](Cc2ccc[nH]2)[C@@H]2CC[C@H](O)[C@H](O)[C@H]2Oc2cc(CC[C@@H](O)[C@H]3CC#C[C@H](CCO)CCCC[C@@H]3O)ccc2O)ccn1. The third-order valence-electron chi connectivity index (χ3n) is 10.2. The first-order chi connectivity index (χ1) is 23.2. The van der Waals surface area contributed by atoms with E-state index in [2.05, 4.69) is 21.8 Å². The van der Waals surface area contributed by atoms with Crippen molar-refractivity contribution in [2.45, 2.75) is 107 Å². The minimum absolute atomic E-state index is 0.0881. The molecule has 0 amide bonds. The Morgan fingerprint density at radius 2 is 1.83 bits per heavy atom. The third-order valence-corrected chi connectivity index (χ3v) is 10.2. The highest BCUT2D eigenvalue weighted by Crippen LogP contribution is 2.42. The van der Waals surface area contributed by atoms with Crippen LogP contribution >= 0.6 is 0 Å². The Bertz CT molecular complexity index is 1490. The minimum atomic E-state index is -1.19. The summed E-state index contributed by atoms with van der Waals surface area (Å²) in [5.74, 6) is 6.28. The number of hydrogen-bond acceptors (Lipinski definition) is 9. The molecular formula is C38H51N3O7.